The summed E-state index contributed by atoms with van der Waals surface area (Å²) >= 11 is -0.0830. The van der Waals surface area contributed by atoms with E-state index < -0.39 is 5.92 Å². The molecule has 1 aromatic heterocycles. The molecule has 0 amide bonds. The predicted molar refractivity (Wildman–Crippen MR) is 88.7 cm³/mol. The standard InChI is InChI=1S/C17H20O5Se/c1-5-22-17(19)10(2)6-12(18)16-8-11-7-13(20-3)14(21-4)9-15(11)23-16/h7-10H,5-6H2,1-4H3. The molecule has 1 aromatic carbocycles. The van der Waals surface area contributed by atoms with E-state index in [2.05, 4.69) is 0 Å². The summed E-state index contributed by atoms with van der Waals surface area (Å²) in [6, 6.07) is 5.68. The average molecular weight is 383 g/mol. The quantitative estimate of drug-likeness (QED) is 0.418. The molecule has 1 unspecified atom stereocenters. The summed E-state index contributed by atoms with van der Waals surface area (Å²) < 4.78 is 17.4. The summed E-state index contributed by atoms with van der Waals surface area (Å²) in [4.78, 5) is 24.1. The van der Waals surface area contributed by atoms with Crippen molar-refractivity contribution in [1.82, 2.24) is 0 Å². The van der Waals surface area contributed by atoms with E-state index in [4.69, 9.17) is 14.2 Å². The van der Waals surface area contributed by atoms with Crippen molar-refractivity contribution in [2.24, 2.45) is 5.92 Å². The molecule has 124 valence electrons. The Balaban J connectivity index is 2.23. The molecule has 0 spiro atoms. The molecule has 2 rings (SSSR count). The zero-order valence-electron chi connectivity index (χ0n) is 13.7. The number of ether oxygens (including phenoxy) is 3. The van der Waals surface area contributed by atoms with Crippen molar-refractivity contribution in [3.05, 3.63) is 22.6 Å². The predicted octanol–water partition coefficient (Wildman–Crippen LogP) is 2.69. The molecular formula is C17H20O5Se. The molecule has 0 N–H and O–H groups in total. The molecule has 0 fully saturated rings. The van der Waals surface area contributed by atoms with E-state index in [1.165, 1.54) is 0 Å². The third-order valence-corrected chi connectivity index (χ3v) is 5.87. The number of esters is 1. The average Bonchev–Trinajstić information content (AvgIpc) is 2.96. The Labute approximate surface area is 141 Å². The summed E-state index contributed by atoms with van der Waals surface area (Å²) in [5.41, 5.74) is 0. The van der Waals surface area contributed by atoms with Crippen LogP contribution < -0.4 is 9.47 Å². The molecule has 0 aliphatic carbocycles. The maximum atomic E-state index is 12.4. The van der Waals surface area contributed by atoms with E-state index in [9.17, 15) is 9.59 Å². The number of carbonyl (C=O) groups is 2. The molecule has 23 heavy (non-hydrogen) atoms. The van der Waals surface area contributed by atoms with Gasteiger partial charge in [0.15, 0.2) is 0 Å². The van der Waals surface area contributed by atoms with Gasteiger partial charge in [-0.15, -0.1) is 0 Å². The van der Waals surface area contributed by atoms with Gasteiger partial charge in [-0.1, -0.05) is 0 Å². The number of hydrogen-bond acceptors (Lipinski definition) is 5. The molecule has 0 saturated carbocycles. The van der Waals surface area contributed by atoms with Gasteiger partial charge in [-0.3, -0.25) is 0 Å². The van der Waals surface area contributed by atoms with Crippen LogP contribution in [0.1, 0.15) is 29.5 Å². The fourth-order valence-electron chi connectivity index (χ4n) is 2.25. The minimum absolute atomic E-state index is 0.000290. The number of rotatable bonds is 7. The Morgan fingerprint density at radius 2 is 1.78 bits per heavy atom. The van der Waals surface area contributed by atoms with E-state index in [1.807, 2.05) is 18.2 Å². The van der Waals surface area contributed by atoms with Crippen molar-refractivity contribution in [2.75, 3.05) is 20.8 Å². The zero-order chi connectivity index (χ0) is 17.0. The number of benzene rings is 1. The van der Waals surface area contributed by atoms with Crippen LogP contribution in [0.25, 0.3) is 9.65 Å². The Morgan fingerprint density at radius 1 is 1.13 bits per heavy atom. The van der Waals surface area contributed by atoms with Gasteiger partial charge in [0.2, 0.25) is 0 Å². The number of Topliss-reactive ketones (excluding diaryl/α,β-unsaturated/α-hetero) is 1. The van der Waals surface area contributed by atoms with Gasteiger partial charge in [0.05, 0.1) is 0 Å². The molecule has 0 saturated heterocycles. The van der Waals surface area contributed by atoms with E-state index in [-0.39, 0.29) is 32.7 Å². The van der Waals surface area contributed by atoms with Crippen LogP contribution in [0.15, 0.2) is 18.2 Å². The normalized spacial score (nSPS) is 12.0. The molecule has 6 heteroatoms. The fraction of sp³-hybridized carbons (Fsp3) is 0.412. The fourth-order valence-corrected chi connectivity index (χ4v) is 4.39. The van der Waals surface area contributed by atoms with Crippen LogP contribution in [0, 0.1) is 5.92 Å². The van der Waals surface area contributed by atoms with Gasteiger partial charge >= 0.3 is 141 Å². The minimum atomic E-state index is -0.424. The molecule has 2 aromatic rings. The van der Waals surface area contributed by atoms with E-state index >= 15 is 0 Å². The molecule has 0 bridgehead atoms. The summed E-state index contributed by atoms with van der Waals surface area (Å²) in [7, 11) is 3.17. The van der Waals surface area contributed by atoms with Gasteiger partial charge in [0.25, 0.3) is 0 Å². The van der Waals surface area contributed by atoms with Crippen molar-refractivity contribution in [3.8, 4) is 11.5 Å². The summed E-state index contributed by atoms with van der Waals surface area (Å²) in [6.45, 7) is 3.80. The summed E-state index contributed by atoms with van der Waals surface area (Å²) in [5, 5.41) is 0.981. The monoisotopic (exact) mass is 384 g/mol. The molecule has 0 radical (unpaired) electrons. The van der Waals surface area contributed by atoms with E-state index in [1.54, 1.807) is 28.1 Å². The molecule has 0 aliphatic rings. The second kappa shape index (κ2) is 7.66. The van der Waals surface area contributed by atoms with Crippen LogP contribution in [0.3, 0.4) is 0 Å². The number of fused-ring (bicyclic) bond motifs is 1. The third kappa shape index (κ3) is 3.95. The number of hydrogen-bond donors (Lipinski definition) is 0. The first-order chi connectivity index (χ1) is 11.0. The van der Waals surface area contributed by atoms with Crippen LogP contribution >= 0.6 is 0 Å². The maximum absolute atomic E-state index is 12.4. The van der Waals surface area contributed by atoms with Gasteiger partial charge < -0.3 is 0 Å². The van der Waals surface area contributed by atoms with Crippen molar-refractivity contribution < 1.29 is 23.8 Å². The Bertz CT molecular complexity index is 678. The number of methoxy groups -OCH3 is 2. The SMILES string of the molecule is CCOC(=O)C(C)CC(=O)c1cc2cc(OC)c(OC)cc2[se]1. The van der Waals surface area contributed by atoms with Crippen molar-refractivity contribution in [1.29, 1.82) is 0 Å². The van der Waals surface area contributed by atoms with Crippen LogP contribution in [-0.2, 0) is 9.53 Å². The second-order valence-corrected chi connectivity index (χ2v) is 7.41. The van der Waals surface area contributed by atoms with Gasteiger partial charge in [-0.2, -0.15) is 0 Å². The van der Waals surface area contributed by atoms with E-state index in [0.29, 0.717) is 18.1 Å². The first-order valence-corrected chi connectivity index (χ1v) is 9.06. The van der Waals surface area contributed by atoms with Crippen molar-refractivity contribution in [3.63, 3.8) is 0 Å². The summed E-state index contributed by atoms with van der Waals surface area (Å²) in [6.07, 6.45) is 0.175. The topological polar surface area (TPSA) is 61.8 Å². The van der Waals surface area contributed by atoms with Crippen LogP contribution in [0.2, 0.25) is 0 Å². The number of carbonyl (C=O) groups excluding carboxylic acids is 2. The van der Waals surface area contributed by atoms with Crippen molar-refractivity contribution in [2.45, 2.75) is 20.3 Å². The van der Waals surface area contributed by atoms with Crippen LogP contribution in [-0.4, -0.2) is 47.1 Å². The second-order valence-electron chi connectivity index (χ2n) is 5.14. The Hall–Kier alpha value is -1.78. The van der Waals surface area contributed by atoms with Gasteiger partial charge in [-0.25, -0.2) is 0 Å². The molecule has 1 heterocycles. The van der Waals surface area contributed by atoms with Crippen LogP contribution in [0.4, 0.5) is 0 Å². The Kier molecular flexibility index (Phi) is 5.85. The first-order valence-electron chi connectivity index (χ1n) is 7.35. The zero-order valence-corrected chi connectivity index (χ0v) is 15.4. The van der Waals surface area contributed by atoms with Crippen molar-refractivity contribution >= 4 is 35.9 Å². The molecule has 5 nitrogen and oxygen atoms in total. The molecular weight excluding hydrogens is 363 g/mol. The van der Waals surface area contributed by atoms with Gasteiger partial charge in [-0.05, 0) is 0 Å². The molecule has 1 atom stereocenters. The van der Waals surface area contributed by atoms with Gasteiger partial charge in [0.1, 0.15) is 0 Å². The Morgan fingerprint density at radius 3 is 2.39 bits per heavy atom. The first kappa shape index (κ1) is 17.6. The third-order valence-electron chi connectivity index (χ3n) is 3.48. The number of ketones is 1. The molecule has 0 aliphatic heterocycles. The summed E-state index contributed by atoms with van der Waals surface area (Å²) in [5.74, 6) is 0.557. The van der Waals surface area contributed by atoms with Crippen LogP contribution in [0.5, 0.6) is 11.5 Å². The van der Waals surface area contributed by atoms with Gasteiger partial charge in [0, 0.05) is 0 Å². The van der Waals surface area contributed by atoms with E-state index in [0.717, 1.165) is 14.1 Å².